The highest BCUT2D eigenvalue weighted by molar-refractivity contribution is 5.70. The molecule has 0 spiro atoms. The van der Waals surface area contributed by atoms with E-state index in [0.717, 1.165) is 23.6 Å². The van der Waals surface area contributed by atoms with Gasteiger partial charge in [0, 0.05) is 12.1 Å². The Bertz CT molecular complexity index is 454. The molecular weight excluding hydrogens is 186 g/mol. The SMILES string of the molecule is CCn1cnc(-c2ccc(C)cc2)c1N. The van der Waals surface area contributed by atoms with Crippen LogP contribution in [0.5, 0.6) is 0 Å². The topological polar surface area (TPSA) is 43.8 Å². The van der Waals surface area contributed by atoms with Crippen LogP contribution in [-0.4, -0.2) is 9.55 Å². The van der Waals surface area contributed by atoms with Crippen molar-refractivity contribution in [3.8, 4) is 11.3 Å². The molecule has 0 aliphatic rings. The summed E-state index contributed by atoms with van der Waals surface area (Å²) in [7, 11) is 0. The number of nitrogen functional groups attached to an aromatic ring is 1. The van der Waals surface area contributed by atoms with Crippen molar-refractivity contribution in [3.05, 3.63) is 36.2 Å². The van der Waals surface area contributed by atoms with Crippen LogP contribution in [0, 0.1) is 6.92 Å². The molecule has 2 rings (SSSR count). The zero-order valence-electron chi connectivity index (χ0n) is 9.07. The summed E-state index contributed by atoms with van der Waals surface area (Å²) in [5.74, 6) is 0.737. The summed E-state index contributed by atoms with van der Waals surface area (Å²) in [6, 6.07) is 8.24. The van der Waals surface area contributed by atoms with Gasteiger partial charge in [-0.1, -0.05) is 29.8 Å². The lowest BCUT2D eigenvalue weighted by Crippen LogP contribution is -1.99. The van der Waals surface area contributed by atoms with Gasteiger partial charge in [-0.05, 0) is 13.8 Å². The Hall–Kier alpha value is -1.77. The van der Waals surface area contributed by atoms with E-state index in [2.05, 4.69) is 31.0 Å². The van der Waals surface area contributed by atoms with Crippen molar-refractivity contribution in [1.29, 1.82) is 0 Å². The predicted octanol–water partition coefficient (Wildman–Crippen LogP) is 2.46. The Morgan fingerprint density at radius 3 is 2.47 bits per heavy atom. The normalized spacial score (nSPS) is 10.5. The Morgan fingerprint density at radius 1 is 1.27 bits per heavy atom. The lowest BCUT2D eigenvalue weighted by Gasteiger charge is -2.02. The van der Waals surface area contributed by atoms with Gasteiger partial charge in [-0.15, -0.1) is 0 Å². The van der Waals surface area contributed by atoms with Crippen LogP contribution in [0.25, 0.3) is 11.3 Å². The average molecular weight is 201 g/mol. The number of nitrogens with two attached hydrogens (primary N) is 1. The van der Waals surface area contributed by atoms with Crippen LogP contribution < -0.4 is 5.73 Å². The number of benzene rings is 1. The molecule has 0 atom stereocenters. The molecule has 0 unspecified atom stereocenters. The van der Waals surface area contributed by atoms with E-state index in [1.165, 1.54) is 5.56 Å². The van der Waals surface area contributed by atoms with E-state index in [0.29, 0.717) is 0 Å². The minimum absolute atomic E-state index is 0.737. The minimum atomic E-state index is 0.737. The smallest absolute Gasteiger partial charge is 0.131 e. The van der Waals surface area contributed by atoms with Crippen molar-refractivity contribution in [2.24, 2.45) is 0 Å². The fourth-order valence-corrected chi connectivity index (χ4v) is 1.58. The molecule has 3 nitrogen and oxygen atoms in total. The molecule has 0 aliphatic heterocycles. The maximum absolute atomic E-state index is 5.98. The van der Waals surface area contributed by atoms with Crippen molar-refractivity contribution >= 4 is 5.82 Å². The molecule has 78 valence electrons. The third kappa shape index (κ3) is 1.73. The molecule has 1 heterocycles. The van der Waals surface area contributed by atoms with E-state index >= 15 is 0 Å². The summed E-state index contributed by atoms with van der Waals surface area (Å²) in [4.78, 5) is 4.32. The average Bonchev–Trinajstić information content (AvgIpc) is 2.61. The first kappa shape index (κ1) is 9.77. The van der Waals surface area contributed by atoms with E-state index < -0.39 is 0 Å². The molecule has 0 fully saturated rings. The van der Waals surface area contributed by atoms with E-state index in [-0.39, 0.29) is 0 Å². The fourth-order valence-electron chi connectivity index (χ4n) is 1.58. The van der Waals surface area contributed by atoms with Gasteiger partial charge in [0.2, 0.25) is 0 Å². The zero-order valence-corrected chi connectivity index (χ0v) is 9.07. The number of anilines is 1. The Balaban J connectivity index is 2.45. The third-order valence-electron chi connectivity index (χ3n) is 2.54. The molecule has 1 aromatic carbocycles. The maximum atomic E-state index is 5.98. The van der Waals surface area contributed by atoms with Gasteiger partial charge < -0.3 is 10.3 Å². The van der Waals surface area contributed by atoms with Crippen molar-refractivity contribution in [1.82, 2.24) is 9.55 Å². The second-order valence-electron chi connectivity index (χ2n) is 3.63. The molecule has 0 aliphatic carbocycles. The number of aryl methyl sites for hydroxylation is 2. The van der Waals surface area contributed by atoms with E-state index in [1.54, 1.807) is 6.33 Å². The lowest BCUT2D eigenvalue weighted by atomic mass is 10.1. The van der Waals surface area contributed by atoms with Crippen molar-refractivity contribution < 1.29 is 0 Å². The van der Waals surface area contributed by atoms with Crippen LogP contribution in [-0.2, 0) is 6.54 Å². The minimum Gasteiger partial charge on any atom is -0.383 e. The quantitative estimate of drug-likeness (QED) is 0.811. The van der Waals surface area contributed by atoms with Crippen LogP contribution in [0.4, 0.5) is 5.82 Å². The maximum Gasteiger partial charge on any atom is 0.131 e. The number of rotatable bonds is 2. The zero-order chi connectivity index (χ0) is 10.8. The van der Waals surface area contributed by atoms with Gasteiger partial charge in [-0.25, -0.2) is 4.98 Å². The number of hydrogen-bond donors (Lipinski definition) is 1. The van der Waals surface area contributed by atoms with Crippen LogP contribution in [0.15, 0.2) is 30.6 Å². The van der Waals surface area contributed by atoms with Crippen LogP contribution >= 0.6 is 0 Å². The summed E-state index contributed by atoms with van der Waals surface area (Å²) in [6.07, 6.45) is 1.78. The summed E-state index contributed by atoms with van der Waals surface area (Å²) < 4.78 is 1.94. The van der Waals surface area contributed by atoms with Crippen molar-refractivity contribution in [2.75, 3.05) is 5.73 Å². The first-order valence-electron chi connectivity index (χ1n) is 5.10. The van der Waals surface area contributed by atoms with Crippen molar-refractivity contribution in [2.45, 2.75) is 20.4 Å². The highest BCUT2D eigenvalue weighted by Crippen LogP contribution is 2.24. The summed E-state index contributed by atoms with van der Waals surface area (Å²) in [5, 5.41) is 0. The highest BCUT2D eigenvalue weighted by Gasteiger charge is 2.07. The van der Waals surface area contributed by atoms with E-state index in [1.807, 2.05) is 16.7 Å². The van der Waals surface area contributed by atoms with Gasteiger partial charge in [0.1, 0.15) is 11.5 Å². The summed E-state index contributed by atoms with van der Waals surface area (Å²) in [6.45, 7) is 4.97. The summed E-state index contributed by atoms with van der Waals surface area (Å²) >= 11 is 0. The lowest BCUT2D eigenvalue weighted by molar-refractivity contribution is 0.771. The molecule has 0 radical (unpaired) electrons. The number of hydrogen-bond acceptors (Lipinski definition) is 2. The Morgan fingerprint density at radius 2 is 1.93 bits per heavy atom. The molecule has 2 N–H and O–H groups in total. The second kappa shape index (κ2) is 3.77. The molecule has 0 saturated heterocycles. The molecule has 0 bridgehead atoms. The first-order valence-corrected chi connectivity index (χ1v) is 5.10. The van der Waals surface area contributed by atoms with Gasteiger partial charge >= 0.3 is 0 Å². The van der Waals surface area contributed by atoms with Crippen LogP contribution in [0.3, 0.4) is 0 Å². The monoisotopic (exact) mass is 201 g/mol. The van der Waals surface area contributed by atoms with Crippen LogP contribution in [0.2, 0.25) is 0 Å². The first-order chi connectivity index (χ1) is 7.22. The van der Waals surface area contributed by atoms with E-state index in [9.17, 15) is 0 Å². The molecule has 2 aromatic rings. The standard InChI is InChI=1S/C12H15N3/c1-3-15-8-14-11(12(15)13)10-6-4-9(2)5-7-10/h4-8H,3,13H2,1-2H3. The van der Waals surface area contributed by atoms with Gasteiger partial charge in [0.05, 0.1) is 6.33 Å². The molecule has 0 saturated carbocycles. The van der Waals surface area contributed by atoms with Crippen LogP contribution in [0.1, 0.15) is 12.5 Å². The van der Waals surface area contributed by atoms with Gasteiger partial charge in [0.15, 0.2) is 0 Å². The fraction of sp³-hybridized carbons (Fsp3) is 0.250. The molecule has 0 amide bonds. The molecule has 1 aromatic heterocycles. The molecule has 15 heavy (non-hydrogen) atoms. The Kier molecular flexibility index (Phi) is 2.46. The van der Waals surface area contributed by atoms with E-state index in [4.69, 9.17) is 5.73 Å². The second-order valence-corrected chi connectivity index (χ2v) is 3.63. The predicted molar refractivity (Wildman–Crippen MR) is 62.5 cm³/mol. The molecular formula is C12H15N3. The largest absolute Gasteiger partial charge is 0.383 e. The van der Waals surface area contributed by atoms with Gasteiger partial charge in [-0.3, -0.25) is 0 Å². The molecule has 3 heteroatoms. The number of imidazole rings is 1. The van der Waals surface area contributed by atoms with Gasteiger partial charge in [-0.2, -0.15) is 0 Å². The van der Waals surface area contributed by atoms with Gasteiger partial charge in [0.25, 0.3) is 0 Å². The number of aromatic nitrogens is 2. The Labute approximate surface area is 89.6 Å². The van der Waals surface area contributed by atoms with Crippen molar-refractivity contribution in [3.63, 3.8) is 0 Å². The third-order valence-corrected chi connectivity index (χ3v) is 2.54. The summed E-state index contributed by atoms with van der Waals surface area (Å²) in [5.41, 5.74) is 9.17. The highest BCUT2D eigenvalue weighted by atomic mass is 15.1. The number of nitrogens with zero attached hydrogens (tertiary/aromatic N) is 2.